The largest absolute Gasteiger partial charge is 0.415 e. The molecule has 1 unspecified atom stereocenters. The van der Waals surface area contributed by atoms with Gasteiger partial charge in [-0.1, -0.05) is 0 Å². The first-order chi connectivity index (χ1) is 4.04. The Morgan fingerprint density at radius 1 is 1.33 bits per heavy atom. The zero-order valence-corrected chi connectivity index (χ0v) is 8.56. The molecule has 1 atom stereocenters. The summed E-state index contributed by atoms with van der Waals surface area (Å²) in [6, 6.07) is 0. The fourth-order valence-corrected chi connectivity index (χ4v) is 1.82. The lowest BCUT2D eigenvalue weighted by Crippen LogP contribution is -2.22. The van der Waals surface area contributed by atoms with Crippen LogP contribution in [0.4, 0.5) is 0 Å². The molecule has 0 rings (SSSR count). The molecule has 0 saturated heterocycles. The van der Waals surface area contributed by atoms with Gasteiger partial charge >= 0.3 is 0 Å². The quantitative estimate of drug-likeness (QED) is 0.486. The van der Waals surface area contributed by atoms with E-state index < -0.39 is 9.04 Å². The molecule has 0 aliphatic rings. The van der Waals surface area contributed by atoms with Gasteiger partial charge in [0.25, 0.3) is 0 Å². The van der Waals surface area contributed by atoms with Crippen molar-refractivity contribution in [2.45, 2.75) is 31.0 Å². The van der Waals surface area contributed by atoms with Crippen LogP contribution in [0.25, 0.3) is 0 Å². The fraction of sp³-hybridized carbons (Fsp3) is 1.00. The second-order valence-electron chi connectivity index (χ2n) is 2.22. The van der Waals surface area contributed by atoms with Crippen molar-refractivity contribution in [3.05, 3.63) is 0 Å². The minimum absolute atomic E-state index is 0.0139. The molecule has 0 aromatic rings. The second kappa shape index (κ2) is 4.55. The summed E-state index contributed by atoms with van der Waals surface area (Å²) >= 11 is 11.1. The molecule has 56 valence electrons. The zero-order chi connectivity index (χ0) is 7.44. The first-order valence-electron chi connectivity index (χ1n) is 2.97. The minimum Gasteiger partial charge on any atom is -0.415 e. The maximum absolute atomic E-state index is 5.53. The molecule has 0 bridgehead atoms. The Balaban J connectivity index is 3.38. The van der Waals surface area contributed by atoms with Crippen molar-refractivity contribution in [2.75, 3.05) is 0 Å². The predicted octanol–water partition coefficient (Wildman–Crippen LogP) is 2.18. The molecule has 0 aliphatic heterocycles. The predicted molar refractivity (Wildman–Crippen MR) is 44.9 cm³/mol. The van der Waals surface area contributed by atoms with E-state index in [4.69, 9.17) is 27.6 Å². The van der Waals surface area contributed by atoms with Gasteiger partial charge in [-0.15, -0.1) is 23.2 Å². The lowest BCUT2D eigenvalue weighted by Gasteiger charge is -2.15. The summed E-state index contributed by atoms with van der Waals surface area (Å²) in [4.78, 5) is -0.389. The van der Waals surface area contributed by atoms with Crippen LogP contribution in [-0.4, -0.2) is 20.0 Å². The summed E-state index contributed by atoms with van der Waals surface area (Å²) in [7, 11) is -0.953. The van der Waals surface area contributed by atoms with Crippen LogP contribution >= 0.6 is 23.2 Å². The molecule has 9 heavy (non-hydrogen) atoms. The molecule has 0 radical (unpaired) electrons. The highest BCUT2D eigenvalue weighted by Gasteiger charge is 2.12. The first-order valence-corrected chi connectivity index (χ1v) is 6.63. The summed E-state index contributed by atoms with van der Waals surface area (Å²) < 4.78 is 5.39. The topological polar surface area (TPSA) is 9.23 Å². The van der Waals surface area contributed by atoms with Crippen molar-refractivity contribution >= 4 is 32.2 Å². The summed E-state index contributed by atoms with van der Waals surface area (Å²) in [5.74, 6) is 0. The van der Waals surface area contributed by atoms with Crippen molar-refractivity contribution in [1.82, 2.24) is 0 Å². The van der Waals surface area contributed by atoms with E-state index in [0.29, 0.717) is 0 Å². The molecule has 1 nitrogen and oxygen atoms in total. The molecular weight excluding hydrogens is 175 g/mol. The minimum atomic E-state index is -0.953. The highest BCUT2D eigenvalue weighted by molar-refractivity contribution is 6.49. The van der Waals surface area contributed by atoms with Crippen molar-refractivity contribution < 1.29 is 4.43 Å². The van der Waals surface area contributed by atoms with Gasteiger partial charge in [0.2, 0.25) is 0 Å². The summed E-state index contributed by atoms with van der Waals surface area (Å²) in [5.41, 5.74) is 0. The molecule has 0 saturated carbocycles. The number of alkyl halides is 2. The Kier molecular flexibility index (Phi) is 4.94. The number of rotatable bonds is 3. The van der Waals surface area contributed by atoms with Gasteiger partial charge in [-0.25, -0.2) is 0 Å². The monoisotopic (exact) mass is 186 g/mol. The maximum Gasteiger partial charge on any atom is 0.171 e. The lowest BCUT2D eigenvalue weighted by molar-refractivity contribution is 0.241. The average molecular weight is 187 g/mol. The second-order valence-corrected chi connectivity index (χ2v) is 5.76. The molecule has 0 aromatic carbocycles. The van der Waals surface area contributed by atoms with E-state index in [0.717, 1.165) is 0 Å². The standard InChI is InChI=1S/C5H12Cl2OSi/c1-4(5(6)7)8-9(2)3/h4-5,9H,1-3H3. The highest BCUT2D eigenvalue weighted by atomic mass is 35.5. The van der Waals surface area contributed by atoms with E-state index in [-0.39, 0.29) is 10.9 Å². The smallest absolute Gasteiger partial charge is 0.171 e. The highest BCUT2D eigenvalue weighted by Crippen LogP contribution is 2.11. The van der Waals surface area contributed by atoms with Crippen molar-refractivity contribution in [2.24, 2.45) is 0 Å². The van der Waals surface area contributed by atoms with Gasteiger partial charge in [0.05, 0.1) is 6.10 Å². The van der Waals surface area contributed by atoms with Gasteiger partial charge in [-0.3, -0.25) is 0 Å². The SMILES string of the molecule is CC(O[SiH](C)C)C(Cl)Cl. The molecule has 0 aromatic heterocycles. The Hall–Kier alpha value is 0.757. The van der Waals surface area contributed by atoms with Crippen molar-refractivity contribution in [1.29, 1.82) is 0 Å². The molecule has 0 aliphatic carbocycles. The van der Waals surface area contributed by atoms with E-state index >= 15 is 0 Å². The van der Waals surface area contributed by atoms with Gasteiger partial charge in [0.15, 0.2) is 9.04 Å². The fourth-order valence-electron chi connectivity index (χ4n) is 0.489. The normalized spacial score (nSPS) is 15.0. The molecule has 0 N–H and O–H groups in total. The lowest BCUT2D eigenvalue weighted by atomic mass is 10.5. The Bertz CT molecular complexity index is 77.4. The Morgan fingerprint density at radius 3 is 1.89 bits per heavy atom. The van der Waals surface area contributed by atoms with Crippen LogP contribution in [0.5, 0.6) is 0 Å². The average Bonchev–Trinajstić information content (AvgIpc) is 1.63. The van der Waals surface area contributed by atoms with E-state index in [2.05, 4.69) is 13.1 Å². The van der Waals surface area contributed by atoms with E-state index in [1.54, 1.807) is 0 Å². The maximum atomic E-state index is 5.53. The first kappa shape index (κ1) is 9.76. The summed E-state index contributed by atoms with van der Waals surface area (Å²) in [6.07, 6.45) is -0.0139. The zero-order valence-electron chi connectivity index (χ0n) is 5.90. The van der Waals surface area contributed by atoms with Gasteiger partial charge in [0.1, 0.15) is 4.84 Å². The van der Waals surface area contributed by atoms with Gasteiger partial charge in [-0.2, -0.15) is 0 Å². The Morgan fingerprint density at radius 2 is 1.78 bits per heavy atom. The number of hydrogen-bond acceptors (Lipinski definition) is 1. The third kappa shape index (κ3) is 5.21. The molecule has 0 fully saturated rings. The number of hydrogen-bond donors (Lipinski definition) is 0. The summed E-state index contributed by atoms with van der Waals surface area (Å²) in [5, 5.41) is 0. The third-order valence-corrected chi connectivity index (χ3v) is 2.52. The van der Waals surface area contributed by atoms with Crippen LogP contribution in [0.3, 0.4) is 0 Å². The molecular formula is C5H12Cl2OSi. The van der Waals surface area contributed by atoms with E-state index in [9.17, 15) is 0 Å². The third-order valence-electron chi connectivity index (χ3n) is 0.842. The van der Waals surface area contributed by atoms with Crippen molar-refractivity contribution in [3.8, 4) is 0 Å². The van der Waals surface area contributed by atoms with E-state index in [1.807, 2.05) is 6.92 Å². The molecule has 4 heteroatoms. The van der Waals surface area contributed by atoms with Gasteiger partial charge in [0, 0.05) is 0 Å². The van der Waals surface area contributed by atoms with Crippen LogP contribution in [0.1, 0.15) is 6.92 Å². The number of halogens is 2. The summed E-state index contributed by atoms with van der Waals surface area (Å²) in [6.45, 7) is 6.07. The molecule has 0 amide bonds. The molecule has 0 spiro atoms. The molecule has 0 heterocycles. The van der Waals surface area contributed by atoms with Crippen LogP contribution in [0, 0.1) is 0 Å². The van der Waals surface area contributed by atoms with Crippen LogP contribution in [-0.2, 0) is 4.43 Å². The van der Waals surface area contributed by atoms with Crippen LogP contribution in [0.15, 0.2) is 0 Å². The van der Waals surface area contributed by atoms with E-state index in [1.165, 1.54) is 0 Å². The Labute approximate surface area is 68.0 Å². The van der Waals surface area contributed by atoms with Crippen LogP contribution < -0.4 is 0 Å². The van der Waals surface area contributed by atoms with Crippen molar-refractivity contribution in [3.63, 3.8) is 0 Å². The van der Waals surface area contributed by atoms with Crippen LogP contribution in [0.2, 0.25) is 13.1 Å². The van der Waals surface area contributed by atoms with Gasteiger partial charge < -0.3 is 4.43 Å². The van der Waals surface area contributed by atoms with Gasteiger partial charge in [-0.05, 0) is 20.0 Å².